The van der Waals surface area contributed by atoms with E-state index in [1.54, 1.807) is 7.11 Å². The average Bonchev–Trinajstić information content (AvgIpc) is 3.00. The molecule has 0 heterocycles. The molecule has 198 valence electrons. The van der Waals surface area contributed by atoms with Gasteiger partial charge in [-0.15, -0.1) is 0 Å². The van der Waals surface area contributed by atoms with Crippen molar-refractivity contribution < 1.29 is 23.8 Å². The summed E-state index contributed by atoms with van der Waals surface area (Å²) in [7, 11) is 1.68. The number of hydrogen-bond acceptors (Lipinski definition) is 5. The number of para-hydroxylation sites is 1. The Morgan fingerprint density at radius 2 is 1.78 bits per heavy atom. The van der Waals surface area contributed by atoms with Crippen LogP contribution in [0.5, 0.6) is 5.75 Å². The first-order valence-electron chi connectivity index (χ1n) is 14.1. The first-order chi connectivity index (χ1) is 17.1. The van der Waals surface area contributed by atoms with E-state index in [0.29, 0.717) is 37.4 Å². The highest BCUT2D eigenvalue weighted by molar-refractivity contribution is 5.90. The van der Waals surface area contributed by atoms with Crippen LogP contribution in [0.3, 0.4) is 0 Å². The quantitative estimate of drug-likeness (QED) is 0.410. The molecule has 1 spiro atoms. The van der Waals surface area contributed by atoms with Crippen molar-refractivity contribution in [2.24, 2.45) is 39.4 Å². The summed E-state index contributed by atoms with van der Waals surface area (Å²) >= 11 is 0. The fourth-order valence-electron chi connectivity index (χ4n) is 9.65. The minimum atomic E-state index is -0.427. The van der Waals surface area contributed by atoms with E-state index in [1.807, 2.05) is 31.2 Å². The number of methoxy groups -OCH3 is 1. The van der Waals surface area contributed by atoms with Gasteiger partial charge in [0, 0.05) is 16.9 Å². The Morgan fingerprint density at radius 3 is 2.53 bits per heavy atom. The fraction of sp³-hybridized carbons (Fsp3) is 0.742. The number of rotatable bonds is 7. The molecule has 36 heavy (non-hydrogen) atoms. The second-order valence-corrected chi connectivity index (χ2v) is 12.9. The molecule has 0 N–H and O–H groups in total. The van der Waals surface area contributed by atoms with E-state index in [0.717, 1.165) is 62.7 Å². The minimum absolute atomic E-state index is 0.0169. The normalized spacial score (nSPS) is 41.4. The third-order valence-electron chi connectivity index (χ3n) is 11.2. The summed E-state index contributed by atoms with van der Waals surface area (Å²) in [5.74, 6) is 1.90. The summed E-state index contributed by atoms with van der Waals surface area (Å²) < 4.78 is 17.4. The van der Waals surface area contributed by atoms with Crippen LogP contribution in [0.2, 0.25) is 0 Å². The van der Waals surface area contributed by atoms with E-state index >= 15 is 0 Å². The number of fused-ring (bicyclic) bond motifs is 3. The van der Waals surface area contributed by atoms with Crippen molar-refractivity contribution in [1.82, 2.24) is 0 Å². The summed E-state index contributed by atoms with van der Waals surface area (Å²) in [6.07, 6.45) is 8.12. The summed E-state index contributed by atoms with van der Waals surface area (Å²) in [5, 5.41) is 0. The number of carbonyl (C=O) groups is 2. The maximum Gasteiger partial charge on any atom is 0.312 e. The molecule has 0 radical (unpaired) electrons. The predicted molar refractivity (Wildman–Crippen MR) is 138 cm³/mol. The molecule has 4 aliphatic rings. The maximum absolute atomic E-state index is 13.9. The molecule has 5 rings (SSSR count). The second kappa shape index (κ2) is 9.15. The van der Waals surface area contributed by atoms with E-state index < -0.39 is 5.41 Å². The van der Waals surface area contributed by atoms with Crippen molar-refractivity contribution in [2.45, 2.75) is 85.7 Å². The Hall–Kier alpha value is -1.88. The third-order valence-corrected chi connectivity index (χ3v) is 11.2. The number of benzene rings is 1. The molecule has 7 atom stereocenters. The standard InChI is InChI=1S/C31H44O5/c1-6-36-27(33)30(4)15-9-14-29(3)24(30)13-17-31-20-28(2,16-12-25(29)31)26(32)22(31)19-35-18-21-10-7-8-11-23(21)34-5/h7-8,10-11,22,24-25H,6,9,12-20H2,1-5H3/t22-,24+,25+,28+,29-,30-,31-/m1/s1. The third kappa shape index (κ3) is 3.67. The highest BCUT2D eigenvalue weighted by Gasteiger charge is 2.71. The molecular weight excluding hydrogens is 452 g/mol. The molecular formula is C31H44O5. The van der Waals surface area contributed by atoms with Crippen LogP contribution in [0.25, 0.3) is 0 Å². The summed E-state index contributed by atoms with van der Waals surface area (Å²) in [6, 6.07) is 7.94. The van der Waals surface area contributed by atoms with E-state index in [-0.39, 0.29) is 28.1 Å². The lowest BCUT2D eigenvalue weighted by Crippen LogP contribution is -2.60. The Labute approximate surface area is 216 Å². The van der Waals surface area contributed by atoms with Gasteiger partial charge in [0.15, 0.2) is 0 Å². The lowest BCUT2D eigenvalue weighted by Gasteiger charge is -2.64. The van der Waals surface area contributed by atoms with Crippen molar-refractivity contribution in [3.63, 3.8) is 0 Å². The van der Waals surface area contributed by atoms with Crippen LogP contribution in [-0.2, 0) is 25.7 Å². The second-order valence-electron chi connectivity index (χ2n) is 12.9. The molecule has 1 aromatic carbocycles. The van der Waals surface area contributed by atoms with Crippen molar-refractivity contribution in [2.75, 3.05) is 20.3 Å². The fourth-order valence-corrected chi connectivity index (χ4v) is 9.65. The van der Waals surface area contributed by atoms with Crippen LogP contribution < -0.4 is 4.74 Å². The van der Waals surface area contributed by atoms with Crippen LogP contribution >= 0.6 is 0 Å². The summed E-state index contributed by atoms with van der Waals surface area (Å²) in [6.45, 7) is 10.1. The van der Waals surface area contributed by atoms with Crippen LogP contribution in [0, 0.1) is 39.4 Å². The van der Waals surface area contributed by atoms with Crippen LogP contribution in [-0.4, -0.2) is 32.1 Å². The first kappa shape index (κ1) is 25.8. The zero-order chi connectivity index (χ0) is 25.8. The number of esters is 1. The van der Waals surface area contributed by atoms with Crippen molar-refractivity contribution in [3.05, 3.63) is 29.8 Å². The topological polar surface area (TPSA) is 61.8 Å². The number of Topliss-reactive ketones (excluding diaryl/α,β-unsaturated/α-hetero) is 1. The van der Waals surface area contributed by atoms with Crippen molar-refractivity contribution >= 4 is 11.8 Å². The van der Waals surface area contributed by atoms with Gasteiger partial charge in [0.2, 0.25) is 0 Å². The molecule has 0 aromatic heterocycles. The van der Waals surface area contributed by atoms with Crippen LogP contribution in [0.4, 0.5) is 0 Å². The first-order valence-corrected chi connectivity index (χ1v) is 14.1. The monoisotopic (exact) mass is 496 g/mol. The predicted octanol–water partition coefficient (Wildman–Crippen LogP) is 6.37. The molecule has 0 amide bonds. The van der Waals surface area contributed by atoms with Gasteiger partial charge in [-0.2, -0.15) is 0 Å². The van der Waals surface area contributed by atoms with Crippen molar-refractivity contribution in [1.29, 1.82) is 0 Å². The number of ether oxygens (including phenoxy) is 3. The molecule has 5 heteroatoms. The van der Waals surface area contributed by atoms with Gasteiger partial charge >= 0.3 is 5.97 Å². The number of hydrogen-bond donors (Lipinski definition) is 0. The Morgan fingerprint density at radius 1 is 1.03 bits per heavy atom. The minimum Gasteiger partial charge on any atom is -0.496 e. The molecule has 0 aliphatic heterocycles. The maximum atomic E-state index is 13.9. The molecule has 1 aromatic rings. The summed E-state index contributed by atoms with van der Waals surface area (Å²) in [5.41, 5.74) is 0.372. The van der Waals surface area contributed by atoms with Crippen LogP contribution in [0.15, 0.2) is 24.3 Å². The van der Waals surface area contributed by atoms with Gasteiger partial charge in [-0.1, -0.05) is 38.5 Å². The zero-order valence-electron chi connectivity index (χ0n) is 22.9. The highest BCUT2D eigenvalue weighted by atomic mass is 16.5. The largest absolute Gasteiger partial charge is 0.496 e. The number of ketones is 1. The lowest BCUT2D eigenvalue weighted by atomic mass is 9.39. The molecule has 4 fully saturated rings. The van der Waals surface area contributed by atoms with E-state index in [2.05, 4.69) is 20.8 Å². The van der Waals surface area contributed by atoms with E-state index in [9.17, 15) is 9.59 Å². The average molecular weight is 497 g/mol. The van der Waals surface area contributed by atoms with Gasteiger partial charge in [-0.05, 0) is 87.5 Å². The Bertz CT molecular complexity index is 1020. The zero-order valence-corrected chi connectivity index (χ0v) is 22.9. The molecule has 0 unspecified atom stereocenters. The van der Waals surface area contributed by atoms with E-state index in [1.165, 1.54) is 0 Å². The van der Waals surface area contributed by atoms with Gasteiger partial charge in [-0.3, -0.25) is 9.59 Å². The van der Waals surface area contributed by atoms with Gasteiger partial charge in [0.25, 0.3) is 0 Å². The Balaban J connectivity index is 1.43. The van der Waals surface area contributed by atoms with Gasteiger partial charge in [0.05, 0.1) is 32.3 Å². The highest BCUT2D eigenvalue weighted by Crippen LogP contribution is 2.74. The molecule has 5 nitrogen and oxygen atoms in total. The molecule has 0 saturated heterocycles. The SMILES string of the molecule is CCOC(=O)[C@]1(C)CCC[C@@]2(C)[C@@H]3CC[C@@]4(C)C[C@]3(CC[C@@H]21)[C@H](COCc1ccccc1OC)C4=O. The lowest BCUT2D eigenvalue weighted by molar-refractivity contribution is -0.193. The van der Waals surface area contributed by atoms with Gasteiger partial charge < -0.3 is 14.2 Å². The molecule has 4 saturated carbocycles. The Kier molecular flexibility index (Phi) is 6.54. The molecule has 4 aliphatic carbocycles. The summed E-state index contributed by atoms with van der Waals surface area (Å²) in [4.78, 5) is 27.2. The van der Waals surface area contributed by atoms with E-state index in [4.69, 9.17) is 14.2 Å². The van der Waals surface area contributed by atoms with Gasteiger partial charge in [0.1, 0.15) is 11.5 Å². The molecule has 2 bridgehead atoms. The number of carbonyl (C=O) groups excluding carboxylic acids is 2. The van der Waals surface area contributed by atoms with Crippen molar-refractivity contribution in [3.8, 4) is 5.75 Å². The van der Waals surface area contributed by atoms with Crippen LogP contribution in [0.1, 0.15) is 84.6 Å². The smallest absolute Gasteiger partial charge is 0.312 e. The van der Waals surface area contributed by atoms with Gasteiger partial charge in [-0.25, -0.2) is 0 Å².